The van der Waals surface area contributed by atoms with Crippen LogP contribution in [0.5, 0.6) is 0 Å². The normalized spacial score (nSPS) is 10.2. The van der Waals surface area contributed by atoms with Crippen LogP contribution >= 0.6 is 15.9 Å². The third-order valence-electron chi connectivity index (χ3n) is 3.83. The predicted octanol–water partition coefficient (Wildman–Crippen LogP) is 3.37. The Balaban J connectivity index is 1.70. The lowest BCUT2D eigenvalue weighted by atomic mass is 10.1. The Labute approximate surface area is 166 Å². The summed E-state index contributed by atoms with van der Waals surface area (Å²) in [7, 11) is 0. The molecule has 2 aromatic carbocycles. The molecule has 0 saturated heterocycles. The number of esters is 1. The first-order chi connectivity index (χ1) is 12.9. The summed E-state index contributed by atoms with van der Waals surface area (Å²) in [6, 6.07) is 12.6. The average molecular weight is 433 g/mol. The van der Waals surface area contributed by atoms with Crippen molar-refractivity contribution in [2.45, 2.75) is 20.3 Å². The van der Waals surface area contributed by atoms with E-state index in [9.17, 15) is 14.4 Å². The molecule has 6 nitrogen and oxygen atoms in total. The SMILES string of the molecule is Cc1cc(Br)ccc1NC(=O)COC(=O)CCNC(=O)c1ccccc1C. The molecule has 2 amide bonds. The number of hydrogen-bond acceptors (Lipinski definition) is 4. The molecule has 0 heterocycles. The number of ether oxygens (including phenoxy) is 1. The molecule has 0 spiro atoms. The molecule has 27 heavy (non-hydrogen) atoms. The van der Waals surface area contributed by atoms with Gasteiger partial charge in [-0.3, -0.25) is 14.4 Å². The number of halogens is 1. The standard InChI is InChI=1S/C20H21BrN2O4/c1-13-5-3-4-6-16(13)20(26)22-10-9-19(25)27-12-18(24)23-17-8-7-15(21)11-14(17)2/h3-8,11H,9-10,12H2,1-2H3,(H,22,26)(H,23,24). The van der Waals surface area contributed by atoms with Crippen molar-refractivity contribution >= 4 is 39.4 Å². The molecule has 2 aromatic rings. The largest absolute Gasteiger partial charge is 0.456 e. The van der Waals surface area contributed by atoms with E-state index in [1.165, 1.54) is 0 Å². The number of benzene rings is 2. The molecule has 142 valence electrons. The van der Waals surface area contributed by atoms with Gasteiger partial charge in [-0.15, -0.1) is 0 Å². The zero-order chi connectivity index (χ0) is 19.8. The lowest BCUT2D eigenvalue weighted by Crippen LogP contribution is -2.28. The predicted molar refractivity (Wildman–Crippen MR) is 107 cm³/mol. The fraction of sp³-hybridized carbons (Fsp3) is 0.250. The van der Waals surface area contributed by atoms with Crippen LogP contribution in [0.1, 0.15) is 27.9 Å². The maximum Gasteiger partial charge on any atom is 0.308 e. The van der Waals surface area contributed by atoms with E-state index in [-0.39, 0.29) is 25.5 Å². The molecular weight excluding hydrogens is 412 g/mol. The Kier molecular flexibility index (Phi) is 7.55. The first-order valence-electron chi connectivity index (χ1n) is 8.42. The summed E-state index contributed by atoms with van der Waals surface area (Å²) in [4.78, 5) is 35.7. The van der Waals surface area contributed by atoms with Crippen molar-refractivity contribution < 1.29 is 19.1 Å². The first kappa shape index (κ1) is 20.6. The number of hydrogen-bond donors (Lipinski definition) is 2. The Morgan fingerprint density at radius 2 is 1.78 bits per heavy atom. The van der Waals surface area contributed by atoms with Crippen LogP contribution in [0, 0.1) is 13.8 Å². The molecule has 0 bridgehead atoms. The Morgan fingerprint density at radius 3 is 2.48 bits per heavy atom. The van der Waals surface area contributed by atoms with E-state index in [0.29, 0.717) is 11.3 Å². The van der Waals surface area contributed by atoms with Crippen molar-refractivity contribution in [1.29, 1.82) is 0 Å². The van der Waals surface area contributed by atoms with Crippen molar-refractivity contribution in [3.8, 4) is 0 Å². The summed E-state index contributed by atoms with van der Waals surface area (Å²) in [5.74, 6) is -1.22. The average Bonchev–Trinajstić information content (AvgIpc) is 2.62. The molecule has 0 saturated carbocycles. The number of carbonyl (C=O) groups excluding carboxylic acids is 3. The van der Waals surface area contributed by atoms with Gasteiger partial charge >= 0.3 is 5.97 Å². The zero-order valence-electron chi connectivity index (χ0n) is 15.2. The van der Waals surface area contributed by atoms with Gasteiger partial charge in [-0.25, -0.2) is 0 Å². The number of nitrogens with one attached hydrogen (secondary N) is 2. The van der Waals surface area contributed by atoms with Gasteiger partial charge in [0.2, 0.25) is 0 Å². The highest BCUT2D eigenvalue weighted by atomic mass is 79.9. The maximum atomic E-state index is 12.0. The van der Waals surface area contributed by atoms with Crippen LogP contribution in [0.25, 0.3) is 0 Å². The molecule has 0 aromatic heterocycles. The van der Waals surface area contributed by atoms with Gasteiger partial charge in [-0.2, -0.15) is 0 Å². The molecule has 0 aliphatic heterocycles. The third kappa shape index (κ3) is 6.53. The Hall–Kier alpha value is -2.67. The van der Waals surface area contributed by atoms with Gasteiger partial charge in [0.15, 0.2) is 6.61 Å². The minimum absolute atomic E-state index is 0.0117. The van der Waals surface area contributed by atoms with E-state index in [1.807, 2.05) is 38.1 Å². The van der Waals surface area contributed by atoms with Crippen molar-refractivity contribution in [1.82, 2.24) is 5.32 Å². The number of rotatable bonds is 7. The fourth-order valence-corrected chi connectivity index (χ4v) is 2.85. The number of amides is 2. The molecule has 0 fully saturated rings. The molecule has 0 aliphatic carbocycles. The van der Waals surface area contributed by atoms with Crippen LogP contribution in [-0.4, -0.2) is 30.9 Å². The second-order valence-corrected chi connectivity index (χ2v) is 6.90. The minimum Gasteiger partial charge on any atom is -0.456 e. The monoisotopic (exact) mass is 432 g/mol. The lowest BCUT2D eigenvalue weighted by molar-refractivity contribution is -0.147. The number of carbonyl (C=O) groups is 3. The van der Waals surface area contributed by atoms with Crippen LogP contribution < -0.4 is 10.6 Å². The summed E-state index contributed by atoms with van der Waals surface area (Å²) in [6.07, 6.45) is -0.0117. The molecule has 7 heteroatoms. The van der Waals surface area contributed by atoms with E-state index >= 15 is 0 Å². The second-order valence-electron chi connectivity index (χ2n) is 5.99. The molecular formula is C20H21BrN2O4. The molecule has 2 N–H and O–H groups in total. The van der Waals surface area contributed by atoms with Crippen molar-refractivity contribution in [3.05, 3.63) is 63.6 Å². The van der Waals surface area contributed by atoms with Gasteiger partial charge < -0.3 is 15.4 Å². The molecule has 2 rings (SSSR count). The Morgan fingerprint density at radius 1 is 1.04 bits per heavy atom. The lowest BCUT2D eigenvalue weighted by Gasteiger charge is -2.10. The third-order valence-corrected chi connectivity index (χ3v) is 4.32. The minimum atomic E-state index is -0.553. The second kappa shape index (κ2) is 9.87. The van der Waals surface area contributed by atoms with Gasteiger partial charge in [0.25, 0.3) is 11.8 Å². The van der Waals surface area contributed by atoms with E-state index in [1.54, 1.807) is 18.2 Å². The molecule has 0 aliphatic rings. The smallest absolute Gasteiger partial charge is 0.308 e. The molecule has 0 radical (unpaired) electrons. The van der Waals surface area contributed by atoms with Crippen molar-refractivity contribution in [3.63, 3.8) is 0 Å². The summed E-state index contributed by atoms with van der Waals surface area (Å²) in [5, 5.41) is 5.35. The summed E-state index contributed by atoms with van der Waals surface area (Å²) in [6.45, 7) is 3.47. The van der Waals surface area contributed by atoms with Crippen LogP contribution in [-0.2, 0) is 14.3 Å². The molecule has 0 atom stereocenters. The maximum absolute atomic E-state index is 12.0. The zero-order valence-corrected chi connectivity index (χ0v) is 16.8. The van der Waals surface area contributed by atoms with Gasteiger partial charge in [0, 0.05) is 22.3 Å². The Bertz CT molecular complexity index is 852. The number of anilines is 1. The summed E-state index contributed by atoms with van der Waals surface area (Å²) >= 11 is 3.35. The quantitative estimate of drug-likeness (QED) is 0.656. The van der Waals surface area contributed by atoms with E-state index < -0.39 is 11.9 Å². The van der Waals surface area contributed by atoms with Crippen LogP contribution in [0.4, 0.5) is 5.69 Å². The highest BCUT2D eigenvalue weighted by molar-refractivity contribution is 9.10. The fourth-order valence-electron chi connectivity index (χ4n) is 2.37. The van der Waals surface area contributed by atoms with Gasteiger partial charge in [-0.1, -0.05) is 34.1 Å². The van der Waals surface area contributed by atoms with Crippen LogP contribution in [0.15, 0.2) is 46.9 Å². The van der Waals surface area contributed by atoms with Gasteiger partial charge in [0.1, 0.15) is 0 Å². The molecule has 0 unspecified atom stereocenters. The van der Waals surface area contributed by atoms with E-state index in [2.05, 4.69) is 26.6 Å². The van der Waals surface area contributed by atoms with Crippen molar-refractivity contribution in [2.75, 3.05) is 18.5 Å². The van der Waals surface area contributed by atoms with Crippen LogP contribution in [0.3, 0.4) is 0 Å². The highest BCUT2D eigenvalue weighted by Gasteiger charge is 2.11. The topological polar surface area (TPSA) is 84.5 Å². The number of aryl methyl sites for hydroxylation is 2. The highest BCUT2D eigenvalue weighted by Crippen LogP contribution is 2.19. The van der Waals surface area contributed by atoms with Gasteiger partial charge in [-0.05, 0) is 49.2 Å². The van der Waals surface area contributed by atoms with E-state index in [4.69, 9.17) is 4.74 Å². The van der Waals surface area contributed by atoms with Gasteiger partial charge in [0.05, 0.1) is 6.42 Å². The van der Waals surface area contributed by atoms with Crippen LogP contribution in [0.2, 0.25) is 0 Å². The first-order valence-corrected chi connectivity index (χ1v) is 9.21. The summed E-state index contributed by atoms with van der Waals surface area (Å²) in [5.41, 5.74) is 2.97. The van der Waals surface area contributed by atoms with E-state index in [0.717, 1.165) is 15.6 Å². The summed E-state index contributed by atoms with van der Waals surface area (Å²) < 4.78 is 5.85. The van der Waals surface area contributed by atoms with Crippen molar-refractivity contribution in [2.24, 2.45) is 0 Å².